The van der Waals surface area contributed by atoms with Crippen molar-refractivity contribution in [3.05, 3.63) is 52.2 Å². The molecule has 2 aromatic rings. The van der Waals surface area contributed by atoms with Crippen molar-refractivity contribution in [3.63, 3.8) is 0 Å². The van der Waals surface area contributed by atoms with Gasteiger partial charge in [-0.15, -0.1) is 0 Å². The molecule has 1 unspecified atom stereocenters. The van der Waals surface area contributed by atoms with Gasteiger partial charge in [-0.1, -0.05) is 12.1 Å². The Labute approximate surface area is 117 Å². The molecule has 4 heteroatoms. The summed E-state index contributed by atoms with van der Waals surface area (Å²) in [6, 6.07) is 10.5. The lowest BCUT2D eigenvalue weighted by Crippen LogP contribution is -2.29. The molecule has 0 amide bonds. The molecular formula is C15H18N2OS. The summed E-state index contributed by atoms with van der Waals surface area (Å²) < 4.78 is 5.75. The summed E-state index contributed by atoms with van der Waals surface area (Å²) in [5.41, 5.74) is 5.40. The van der Waals surface area contributed by atoms with Crippen molar-refractivity contribution in [2.24, 2.45) is 5.84 Å². The molecule has 1 aromatic heterocycles. The Hall–Kier alpha value is -1.36. The molecule has 3 nitrogen and oxygen atoms in total. The van der Waals surface area contributed by atoms with E-state index in [0.29, 0.717) is 6.10 Å². The molecule has 1 atom stereocenters. The Bertz CT molecular complexity index is 505. The van der Waals surface area contributed by atoms with E-state index < -0.39 is 0 Å². The van der Waals surface area contributed by atoms with E-state index in [0.717, 1.165) is 12.2 Å². The van der Waals surface area contributed by atoms with Crippen molar-refractivity contribution < 1.29 is 4.74 Å². The summed E-state index contributed by atoms with van der Waals surface area (Å²) in [5.74, 6) is 6.63. The number of ether oxygens (including phenoxy) is 1. The Kier molecular flexibility index (Phi) is 3.82. The first kappa shape index (κ1) is 12.7. The zero-order valence-electron chi connectivity index (χ0n) is 10.7. The fourth-order valence-electron chi connectivity index (χ4n) is 2.07. The van der Waals surface area contributed by atoms with Gasteiger partial charge in [0.05, 0.1) is 12.1 Å². The van der Waals surface area contributed by atoms with Gasteiger partial charge in [0, 0.05) is 0 Å². The highest BCUT2D eigenvalue weighted by Gasteiger charge is 2.23. The van der Waals surface area contributed by atoms with Crippen LogP contribution in [-0.4, -0.2) is 6.10 Å². The standard InChI is InChI=1S/C15H18N2OS/c16-17-15(9-11-7-8-19-10-11)12-1-3-13(4-2-12)18-14-5-6-14/h1-4,7-8,10,14-15,17H,5-6,9,16H2. The summed E-state index contributed by atoms with van der Waals surface area (Å²) in [6.45, 7) is 0. The first-order chi connectivity index (χ1) is 9.35. The maximum Gasteiger partial charge on any atom is 0.119 e. The monoisotopic (exact) mass is 274 g/mol. The summed E-state index contributed by atoms with van der Waals surface area (Å²) in [7, 11) is 0. The second-order valence-electron chi connectivity index (χ2n) is 4.94. The van der Waals surface area contributed by atoms with E-state index in [1.807, 2.05) is 12.1 Å². The molecule has 0 saturated heterocycles. The molecule has 1 heterocycles. The predicted octanol–water partition coefficient (Wildman–Crippen LogP) is 3.04. The molecule has 1 aliphatic carbocycles. The first-order valence-electron chi connectivity index (χ1n) is 6.59. The molecule has 0 radical (unpaired) electrons. The number of hydrogen-bond donors (Lipinski definition) is 2. The van der Waals surface area contributed by atoms with E-state index in [1.165, 1.54) is 24.0 Å². The van der Waals surface area contributed by atoms with Gasteiger partial charge in [0.25, 0.3) is 0 Å². The molecule has 19 heavy (non-hydrogen) atoms. The molecule has 0 bridgehead atoms. The lowest BCUT2D eigenvalue weighted by atomic mass is 10.0. The number of nitrogens with two attached hydrogens (primary N) is 1. The van der Waals surface area contributed by atoms with Crippen LogP contribution in [-0.2, 0) is 6.42 Å². The Morgan fingerprint density at radius 2 is 2.05 bits per heavy atom. The van der Waals surface area contributed by atoms with Gasteiger partial charge in [0.2, 0.25) is 0 Å². The molecule has 100 valence electrons. The highest BCUT2D eigenvalue weighted by molar-refractivity contribution is 7.07. The number of nitrogens with one attached hydrogen (secondary N) is 1. The van der Waals surface area contributed by atoms with Crippen LogP contribution in [0, 0.1) is 0 Å². The molecule has 3 N–H and O–H groups in total. The topological polar surface area (TPSA) is 47.3 Å². The third kappa shape index (κ3) is 3.35. The van der Waals surface area contributed by atoms with Gasteiger partial charge in [-0.05, 0) is 59.3 Å². The molecule has 3 rings (SSSR count). The van der Waals surface area contributed by atoms with Crippen molar-refractivity contribution in [1.29, 1.82) is 0 Å². The number of rotatable bonds is 6. The molecule has 0 aliphatic heterocycles. The molecular weight excluding hydrogens is 256 g/mol. The second-order valence-corrected chi connectivity index (χ2v) is 5.72. The fraction of sp³-hybridized carbons (Fsp3) is 0.333. The van der Waals surface area contributed by atoms with Crippen LogP contribution in [0.25, 0.3) is 0 Å². The van der Waals surface area contributed by atoms with Gasteiger partial charge in [-0.3, -0.25) is 11.3 Å². The maximum atomic E-state index is 5.75. The summed E-state index contributed by atoms with van der Waals surface area (Å²) in [5, 5.41) is 4.25. The highest BCUT2D eigenvalue weighted by atomic mass is 32.1. The van der Waals surface area contributed by atoms with Crippen molar-refractivity contribution in [3.8, 4) is 5.75 Å². The van der Waals surface area contributed by atoms with Gasteiger partial charge in [-0.2, -0.15) is 11.3 Å². The minimum Gasteiger partial charge on any atom is -0.490 e. The number of hydrogen-bond acceptors (Lipinski definition) is 4. The fourth-order valence-corrected chi connectivity index (χ4v) is 2.76. The smallest absolute Gasteiger partial charge is 0.119 e. The van der Waals surface area contributed by atoms with Gasteiger partial charge >= 0.3 is 0 Å². The highest BCUT2D eigenvalue weighted by Crippen LogP contribution is 2.28. The van der Waals surface area contributed by atoms with E-state index in [2.05, 4.69) is 34.4 Å². The number of benzene rings is 1. The van der Waals surface area contributed by atoms with Gasteiger partial charge in [-0.25, -0.2) is 0 Å². The largest absolute Gasteiger partial charge is 0.490 e. The molecule has 1 aliphatic rings. The third-order valence-electron chi connectivity index (χ3n) is 3.33. The molecule has 1 fully saturated rings. The summed E-state index contributed by atoms with van der Waals surface area (Å²) >= 11 is 1.71. The van der Waals surface area contributed by atoms with E-state index in [1.54, 1.807) is 11.3 Å². The van der Waals surface area contributed by atoms with Crippen molar-refractivity contribution in [1.82, 2.24) is 5.43 Å². The van der Waals surface area contributed by atoms with Gasteiger partial charge in [0.15, 0.2) is 0 Å². The number of thiophene rings is 1. The quantitative estimate of drug-likeness (QED) is 0.629. The predicted molar refractivity (Wildman–Crippen MR) is 78.2 cm³/mol. The SMILES string of the molecule is NNC(Cc1ccsc1)c1ccc(OC2CC2)cc1. The van der Waals surface area contributed by atoms with Crippen LogP contribution in [0.15, 0.2) is 41.1 Å². The zero-order chi connectivity index (χ0) is 13.1. The third-order valence-corrected chi connectivity index (χ3v) is 4.06. The van der Waals surface area contributed by atoms with Crippen LogP contribution in [0.4, 0.5) is 0 Å². The Morgan fingerprint density at radius 3 is 2.63 bits per heavy atom. The van der Waals surface area contributed by atoms with Crippen LogP contribution >= 0.6 is 11.3 Å². The van der Waals surface area contributed by atoms with Crippen molar-refractivity contribution in [2.75, 3.05) is 0 Å². The van der Waals surface area contributed by atoms with Crippen molar-refractivity contribution in [2.45, 2.75) is 31.4 Å². The van der Waals surface area contributed by atoms with Gasteiger partial charge in [0.1, 0.15) is 5.75 Å². The normalized spacial score (nSPS) is 16.3. The van der Waals surface area contributed by atoms with E-state index >= 15 is 0 Å². The van der Waals surface area contributed by atoms with E-state index in [4.69, 9.17) is 10.6 Å². The molecule has 1 aromatic carbocycles. The minimum absolute atomic E-state index is 0.143. The van der Waals surface area contributed by atoms with Crippen molar-refractivity contribution >= 4 is 11.3 Å². The average molecular weight is 274 g/mol. The van der Waals surface area contributed by atoms with E-state index in [9.17, 15) is 0 Å². The Morgan fingerprint density at radius 1 is 1.26 bits per heavy atom. The minimum atomic E-state index is 0.143. The number of hydrazine groups is 1. The maximum absolute atomic E-state index is 5.75. The Balaban J connectivity index is 1.67. The van der Waals surface area contributed by atoms with Gasteiger partial charge < -0.3 is 4.74 Å². The van der Waals surface area contributed by atoms with Crippen LogP contribution in [0.1, 0.15) is 30.0 Å². The van der Waals surface area contributed by atoms with Crippen LogP contribution in [0.5, 0.6) is 5.75 Å². The van der Waals surface area contributed by atoms with Crippen LogP contribution in [0.2, 0.25) is 0 Å². The van der Waals surface area contributed by atoms with E-state index in [-0.39, 0.29) is 6.04 Å². The van der Waals surface area contributed by atoms with Crippen LogP contribution < -0.4 is 16.0 Å². The zero-order valence-corrected chi connectivity index (χ0v) is 11.5. The first-order valence-corrected chi connectivity index (χ1v) is 7.53. The summed E-state index contributed by atoms with van der Waals surface area (Å²) in [6.07, 6.45) is 3.72. The lowest BCUT2D eigenvalue weighted by molar-refractivity contribution is 0.303. The molecule has 0 spiro atoms. The lowest BCUT2D eigenvalue weighted by Gasteiger charge is -2.16. The van der Waals surface area contributed by atoms with Crippen LogP contribution in [0.3, 0.4) is 0 Å². The average Bonchev–Trinajstić information content (AvgIpc) is 3.10. The molecule has 1 saturated carbocycles. The second kappa shape index (κ2) is 5.74. The summed E-state index contributed by atoms with van der Waals surface area (Å²) in [4.78, 5) is 0.